The standard InChI is InChI=1S/C13H14FNO2/c1-2-3-4-5-8-15-10-6-7-11(13(16)17)12(14)9-10/h1,6-7,9,15H,3-5,8H2,(H,16,17). The van der Waals surface area contributed by atoms with Gasteiger partial charge in [-0.25, -0.2) is 9.18 Å². The normalized spacial score (nSPS) is 9.65. The number of aromatic carboxylic acids is 1. The second-order valence-electron chi connectivity index (χ2n) is 3.59. The van der Waals surface area contributed by atoms with Gasteiger partial charge in [-0.15, -0.1) is 12.3 Å². The SMILES string of the molecule is C#CCCCCNc1ccc(C(=O)O)c(F)c1. The number of anilines is 1. The maximum atomic E-state index is 13.3. The minimum Gasteiger partial charge on any atom is -0.478 e. The van der Waals surface area contributed by atoms with E-state index in [9.17, 15) is 9.18 Å². The number of hydrogen-bond acceptors (Lipinski definition) is 2. The average Bonchev–Trinajstić information content (AvgIpc) is 2.28. The van der Waals surface area contributed by atoms with E-state index in [0.29, 0.717) is 12.2 Å². The largest absolute Gasteiger partial charge is 0.478 e. The zero-order chi connectivity index (χ0) is 12.7. The minimum atomic E-state index is -1.26. The van der Waals surface area contributed by atoms with Crippen LogP contribution in [0.25, 0.3) is 0 Å². The molecule has 0 bridgehead atoms. The van der Waals surface area contributed by atoms with Gasteiger partial charge in [-0.05, 0) is 31.0 Å². The molecule has 0 heterocycles. The predicted molar refractivity (Wildman–Crippen MR) is 64.5 cm³/mol. The number of hydrogen-bond donors (Lipinski definition) is 2. The topological polar surface area (TPSA) is 49.3 Å². The lowest BCUT2D eigenvalue weighted by molar-refractivity contribution is 0.0692. The van der Waals surface area contributed by atoms with Gasteiger partial charge in [-0.3, -0.25) is 0 Å². The molecule has 3 nitrogen and oxygen atoms in total. The van der Waals surface area contributed by atoms with Gasteiger partial charge in [0.15, 0.2) is 0 Å². The van der Waals surface area contributed by atoms with Crippen LogP contribution in [-0.4, -0.2) is 17.6 Å². The van der Waals surface area contributed by atoms with Crippen molar-refractivity contribution in [2.45, 2.75) is 19.3 Å². The molecule has 0 unspecified atom stereocenters. The molecule has 0 aliphatic heterocycles. The smallest absolute Gasteiger partial charge is 0.338 e. The highest BCUT2D eigenvalue weighted by atomic mass is 19.1. The van der Waals surface area contributed by atoms with E-state index in [2.05, 4.69) is 11.2 Å². The fourth-order valence-electron chi connectivity index (χ4n) is 1.38. The molecule has 1 aromatic rings. The van der Waals surface area contributed by atoms with Crippen molar-refractivity contribution in [1.82, 2.24) is 0 Å². The Bertz CT molecular complexity index is 438. The van der Waals surface area contributed by atoms with E-state index in [1.165, 1.54) is 12.1 Å². The zero-order valence-electron chi connectivity index (χ0n) is 9.37. The molecule has 0 saturated heterocycles. The Hall–Kier alpha value is -2.02. The summed E-state index contributed by atoms with van der Waals surface area (Å²) in [4.78, 5) is 10.6. The summed E-state index contributed by atoms with van der Waals surface area (Å²) in [5.41, 5.74) is 0.260. The molecule has 0 aliphatic rings. The lowest BCUT2D eigenvalue weighted by Gasteiger charge is -2.06. The summed E-state index contributed by atoms with van der Waals surface area (Å²) in [6.45, 7) is 0.688. The number of carboxylic acid groups (broad SMARTS) is 1. The van der Waals surface area contributed by atoms with Gasteiger partial charge in [-0.2, -0.15) is 0 Å². The first-order valence-electron chi connectivity index (χ1n) is 5.35. The van der Waals surface area contributed by atoms with Crippen LogP contribution in [0.3, 0.4) is 0 Å². The summed E-state index contributed by atoms with van der Waals surface area (Å²) in [5.74, 6) is 0.551. The molecule has 0 fully saturated rings. The van der Waals surface area contributed by atoms with Gasteiger partial charge in [0.2, 0.25) is 0 Å². The molecule has 0 spiro atoms. The van der Waals surface area contributed by atoms with E-state index in [1.807, 2.05) is 0 Å². The average molecular weight is 235 g/mol. The Morgan fingerprint density at radius 1 is 1.47 bits per heavy atom. The van der Waals surface area contributed by atoms with Gasteiger partial charge in [-0.1, -0.05) is 0 Å². The predicted octanol–water partition coefficient (Wildman–Crippen LogP) is 2.74. The van der Waals surface area contributed by atoms with Crippen LogP contribution in [0.15, 0.2) is 18.2 Å². The third-order valence-electron chi connectivity index (χ3n) is 2.28. The molecule has 0 aromatic heterocycles. The van der Waals surface area contributed by atoms with Gasteiger partial charge in [0.1, 0.15) is 5.82 Å². The van der Waals surface area contributed by atoms with Crippen molar-refractivity contribution in [2.75, 3.05) is 11.9 Å². The van der Waals surface area contributed by atoms with E-state index >= 15 is 0 Å². The van der Waals surface area contributed by atoms with Crippen LogP contribution in [0.2, 0.25) is 0 Å². The molecule has 0 aliphatic carbocycles. The molecule has 0 saturated carbocycles. The van der Waals surface area contributed by atoms with E-state index in [0.717, 1.165) is 19.3 Å². The lowest BCUT2D eigenvalue weighted by atomic mass is 10.2. The second kappa shape index (κ2) is 6.54. The summed E-state index contributed by atoms with van der Waals surface area (Å²) >= 11 is 0. The van der Waals surface area contributed by atoms with Gasteiger partial charge >= 0.3 is 5.97 Å². The van der Waals surface area contributed by atoms with Gasteiger partial charge in [0, 0.05) is 18.7 Å². The molecule has 17 heavy (non-hydrogen) atoms. The Labute approximate surface area is 99.7 Å². The quantitative estimate of drug-likeness (QED) is 0.588. The van der Waals surface area contributed by atoms with E-state index in [4.69, 9.17) is 11.5 Å². The molecular weight excluding hydrogens is 221 g/mol. The molecule has 1 rings (SSSR count). The molecular formula is C13H14FNO2. The van der Waals surface area contributed by atoms with Crippen LogP contribution >= 0.6 is 0 Å². The first-order valence-corrected chi connectivity index (χ1v) is 5.35. The number of carboxylic acids is 1. The van der Waals surface area contributed by atoms with Crippen LogP contribution in [-0.2, 0) is 0 Å². The highest BCUT2D eigenvalue weighted by Crippen LogP contribution is 2.14. The highest BCUT2D eigenvalue weighted by Gasteiger charge is 2.09. The van der Waals surface area contributed by atoms with Crippen molar-refractivity contribution in [3.8, 4) is 12.3 Å². The van der Waals surface area contributed by atoms with Gasteiger partial charge in [0.25, 0.3) is 0 Å². The fraction of sp³-hybridized carbons (Fsp3) is 0.308. The molecule has 0 amide bonds. The van der Waals surface area contributed by atoms with Crippen molar-refractivity contribution in [3.05, 3.63) is 29.6 Å². The summed E-state index contributed by atoms with van der Waals surface area (Å²) in [6.07, 6.45) is 7.65. The minimum absolute atomic E-state index is 0.317. The van der Waals surface area contributed by atoms with Crippen molar-refractivity contribution in [3.63, 3.8) is 0 Å². The maximum Gasteiger partial charge on any atom is 0.338 e. The maximum absolute atomic E-state index is 13.3. The third kappa shape index (κ3) is 4.15. The zero-order valence-corrected chi connectivity index (χ0v) is 9.37. The Morgan fingerprint density at radius 2 is 2.24 bits per heavy atom. The van der Waals surface area contributed by atoms with Crippen LogP contribution in [0, 0.1) is 18.2 Å². The molecule has 1 aromatic carbocycles. The molecule has 0 atom stereocenters. The van der Waals surface area contributed by atoms with Crippen molar-refractivity contribution in [2.24, 2.45) is 0 Å². The first kappa shape index (κ1) is 13.0. The van der Waals surface area contributed by atoms with Crippen LogP contribution in [0.5, 0.6) is 0 Å². The molecule has 90 valence electrons. The lowest BCUT2D eigenvalue weighted by Crippen LogP contribution is -2.04. The van der Waals surface area contributed by atoms with Crippen LogP contribution in [0.4, 0.5) is 10.1 Å². The molecule has 0 radical (unpaired) electrons. The number of nitrogens with one attached hydrogen (secondary N) is 1. The van der Waals surface area contributed by atoms with Crippen molar-refractivity contribution >= 4 is 11.7 Å². The number of carbonyl (C=O) groups is 1. The Kier molecular flexibility index (Phi) is 5.02. The summed E-state index contributed by atoms with van der Waals surface area (Å²) in [5, 5.41) is 11.7. The van der Waals surface area contributed by atoms with E-state index < -0.39 is 11.8 Å². The van der Waals surface area contributed by atoms with Crippen LogP contribution in [0.1, 0.15) is 29.6 Å². The Morgan fingerprint density at radius 3 is 2.82 bits per heavy atom. The van der Waals surface area contributed by atoms with Gasteiger partial charge < -0.3 is 10.4 Å². The number of rotatable bonds is 6. The second-order valence-corrected chi connectivity index (χ2v) is 3.59. The molecule has 4 heteroatoms. The number of benzene rings is 1. The molecule has 2 N–H and O–H groups in total. The highest BCUT2D eigenvalue weighted by molar-refractivity contribution is 5.88. The number of halogens is 1. The third-order valence-corrected chi connectivity index (χ3v) is 2.28. The van der Waals surface area contributed by atoms with Crippen molar-refractivity contribution in [1.29, 1.82) is 0 Å². The number of unbranched alkanes of at least 4 members (excludes halogenated alkanes) is 2. The Balaban J connectivity index is 2.48. The number of terminal acetylenes is 1. The first-order chi connectivity index (χ1) is 8.15. The fourth-order valence-corrected chi connectivity index (χ4v) is 1.38. The van der Waals surface area contributed by atoms with Gasteiger partial charge in [0.05, 0.1) is 5.56 Å². The van der Waals surface area contributed by atoms with E-state index in [-0.39, 0.29) is 5.56 Å². The summed E-state index contributed by atoms with van der Waals surface area (Å²) < 4.78 is 13.3. The van der Waals surface area contributed by atoms with Crippen molar-refractivity contribution < 1.29 is 14.3 Å². The summed E-state index contributed by atoms with van der Waals surface area (Å²) in [6, 6.07) is 3.99. The van der Waals surface area contributed by atoms with E-state index in [1.54, 1.807) is 6.07 Å². The monoisotopic (exact) mass is 235 g/mol. The van der Waals surface area contributed by atoms with Crippen LogP contribution < -0.4 is 5.32 Å². The summed E-state index contributed by atoms with van der Waals surface area (Å²) in [7, 11) is 0.